The molecule has 0 spiro atoms. The van der Waals surface area contributed by atoms with Crippen molar-refractivity contribution in [2.45, 2.75) is 72.8 Å². The summed E-state index contributed by atoms with van der Waals surface area (Å²) in [6, 6.07) is 34.4. The number of hydrogen-bond donors (Lipinski definition) is 0. The fourth-order valence-electron chi connectivity index (χ4n) is 3.10. The van der Waals surface area contributed by atoms with Crippen molar-refractivity contribution in [1.82, 2.24) is 0 Å². The number of alkyl halides is 4. The van der Waals surface area contributed by atoms with E-state index in [1.54, 1.807) is 6.07 Å². The van der Waals surface area contributed by atoms with Crippen molar-refractivity contribution < 1.29 is 22.3 Å². The van der Waals surface area contributed by atoms with E-state index in [0.717, 1.165) is 6.42 Å². The molecule has 0 saturated carbocycles. The summed E-state index contributed by atoms with van der Waals surface area (Å²) in [4.78, 5) is 0. The van der Waals surface area contributed by atoms with E-state index in [-0.39, 0.29) is 11.2 Å². The number of rotatable bonds is 4. The Bertz CT molecular complexity index is 1180. The molecule has 5 heteroatoms. The third-order valence-electron chi connectivity index (χ3n) is 5.64. The number of hydrogen-bond acceptors (Lipinski definition) is 1. The van der Waals surface area contributed by atoms with Crippen LogP contribution in [0.3, 0.4) is 0 Å². The topological polar surface area (TPSA) is 9.23 Å². The van der Waals surface area contributed by atoms with E-state index in [1.165, 1.54) is 52.1 Å². The van der Waals surface area contributed by atoms with E-state index in [0.29, 0.717) is 0 Å². The molecule has 0 unspecified atom stereocenters. The molecule has 0 radical (unpaired) electrons. The van der Waals surface area contributed by atoms with Crippen molar-refractivity contribution in [1.29, 1.82) is 0 Å². The number of ether oxygens (including phenoxy) is 1. The molecule has 0 aliphatic carbocycles. The molecule has 1 nitrogen and oxygen atoms in total. The maximum absolute atomic E-state index is 12.3. The van der Waals surface area contributed by atoms with Crippen LogP contribution in [-0.4, -0.2) is 12.5 Å². The average molecular weight is 555 g/mol. The van der Waals surface area contributed by atoms with Crippen LogP contribution in [-0.2, 0) is 11.8 Å². The third-order valence-corrected chi connectivity index (χ3v) is 5.64. The van der Waals surface area contributed by atoms with Crippen molar-refractivity contribution >= 4 is 0 Å². The summed E-state index contributed by atoms with van der Waals surface area (Å²) in [7, 11) is 0. The molecule has 0 aliphatic rings. The minimum atomic E-state index is -4.43. The number of para-hydroxylation sites is 1. The molecular formula is C35H42F4O. The zero-order valence-corrected chi connectivity index (χ0v) is 24.6. The Morgan fingerprint density at radius 1 is 0.600 bits per heavy atom. The Labute approximate surface area is 237 Å². The highest BCUT2D eigenvalue weighted by atomic mass is 19.3. The minimum Gasteiger partial charge on any atom is -0.428 e. The Kier molecular flexibility index (Phi) is 14.8. The van der Waals surface area contributed by atoms with Gasteiger partial charge < -0.3 is 4.74 Å². The first-order valence-electron chi connectivity index (χ1n) is 13.3. The van der Waals surface area contributed by atoms with Crippen molar-refractivity contribution in [3.8, 4) is 5.75 Å². The van der Waals surface area contributed by atoms with Gasteiger partial charge in [-0.05, 0) is 55.9 Å². The van der Waals surface area contributed by atoms with Crippen LogP contribution in [0.4, 0.5) is 17.6 Å². The molecule has 40 heavy (non-hydrogen) atoms. The maximum Gasteiger partial charge on any atom is 0.461 e. The molecule has 0 bridgehead atoms. The zero-order valence-electron chi connectivity index (χ0n) is 24.6. The number of benzene rings is 4. The monoisotopic (exact) mass is 554 g/mol. The number of aryl methyl sites for hydroxylation is 4. The maximum atomic E-state index is 12.3. The quantitative estimate of drug-likeness (QED) is 0.228. The second kappa shape index (κ2) is 17.2. The van der Waals surface area contributed by atoms with Crippen LogP contribution in [0.2, 0.25) is 0 Å². The molecule has 0 aromatic heterocycles. The van der Waals surface area contributed by atoms with Gasteiger partial charge in [-0.3, -0.25) is 0 Å². The van der Waals surface area contributed by atoms with Gasteiger partial charge >= 0.3 is 12.5 Å². The largest absolute Gasteiger partial charge is 0.461 e. The first-order valence-corrected chi connectivity index (χ1v) is 13.3. The van der Waals surface area contributed by atoms with Gasteiger partial charge in [0.2, 0.25) is 0 Å². The fraction of sp³-hybridized carbons (Fsp3) is 0.314. The predicted octanol–water partition coefficient (Wildman–Crippen LogP) is 10.8. The van der Waals surface area contributed by atoms with Crippen molar-refractivity contribution in [2.24, 2.45) is 0 Å². The van der Waals surface area contributed by atoms with Crippen LogP contribution in [0.25, 0.3) is 0 Å². The molecule has 0 atom stereocenters. The second-order valence-corrected chi connectivity index (χ2v) is 10.4. The van der Waals surface area contributed by atoms with Gasteiger partial charge in [0.1, 0.15) is 5.75 Å². The summed E-state index contributed by atoms with van der Waals surface area (Å²) in [5.41, 5.74) is 7.10. The van der Waals surface area contributed by atoms with Crippen LogP contribution < -0.4 is 4.74 Å². The second-order valence-electron chi connectivity index (χ2n) is 10.4. The van der Waals surface area contributed by atoms with Gasteiger partial charge in [-0.25, -0.2) is 0 Å². The van der Waals surface area contributed by atoms with Crippen molar-refractivity contribution in [3.05, 3.63) is 137 Å². The van der Waals surface area contributed by atoms with E-state index >= 15 is 0 Å². The van der Waals surface area contributed by atoms with Gasteiger partial charge in [-0.2, -0.15) is 17.6 Å². The van der Waals surface area contributed by atoms with Crippen LogP contribution >= 0.6 is 0 Å². The molecule has 4 aromatic carbocycles. The molecule has 0 amide bonds. The smallest absolute Gasteiger partial charge is 0.428 e. The standard InChI is InChI=1S/C11H16.C9H12.C8H6F4O.C7H8/c1-9-5-7-10(8-6-9)11(2,3)4;1-3-9-6-4-8(2)5-7-9;9-7(10)8(11,12)13-6-4-2-1-3-5-6;1-7-5-3-2-4-6-7/h5-8H,1-4H3;4-7H,3H2,1-2H3;1-5,7H;2-6H,1H3. The third kappa shape index (κ3) is 14.5. The average Bonchev–Trinajstić information content (AvgIpc) is 2.91. The summed E-state index contributed by atoms with van der Waals surface area (Å²) >= 11 is 0. The van der Waals surface area contributed by atoms with Crippen LogP contribution in [0.5, 0.6) is 5.75 Å². The van der Waals surface area contributed by atoms with E-state index < -0.39 is 12.5 Å². The summed E-state index contributed by atoms with van der Waals surface area (Å²) < 4.78 is 51.5. The minimum absolute atomic E-state index is 0.284. The van der Waals surface area contributed by atoms with Gasteiger partial charge in [0.05, 0.1) is 0 Å². The van der Waals surface area contributed by atoms with Gasteiger partial charge in [-0.15, -0.1) is 0 Å². The van der Waals surface area contributed by atoms with Gasteiger partial charge in [0.25, 0.3) is 0 Å². The lowest BCUT2D eigenvalue weighted by atomic mass is 9.87. The molecule has 0 saturated heterocycles. The molecule has 0 N–H and O–H groups in total. The molecule has 0 aliphatic heterocycles. The highest BCUT2D eigenvalue weighted by molar-refractivity contribution is 5.26. The lowest BCUT2D eigenvalue weighted by Gasteiger charge is -2.18. The lowest BCUT2D eigenvalue weighted by Crippen LogP contribution is -2.33. The molecular weight excluding hydrogens is 512 g/mol. The zero-order chi connectivity index (χ0) is 30.2. The molecule has 4 aromatic rings. The van der Waals surface area contributed by atoms with Crippen LogP contribution in [0.1, 0.15) is 55.5 Å². The van der Waals surface area contributed by atoms with E-state index in [2.05, 4.69) is 114 Å². The first-order chi connectivity index (χ1) is 18.7. The van der Waals surface area contributed by atoms with Gasteiger partial charge in [0.15, 0.2) is 0 Å². The highest BCUT2D eigenvalue weighted by Crippen LogP contribution is 2.26. The van der Waals surface area contributed by atoms with Crippen molar-refractivity contribution in [3.63, 3.8) is 0 Å². The summed E-state index contributed by atoms with van der Waals surface area (Å²) in [6.45, 7) is 15.2. The van der Waals surface area contributed by atoms with Crippen LogP contribution in [0, 0.1) is 20.8 Å². The van der Waals surface area contributed by atoms with Crippen LogP contribution in [0.15, 0.2) is 109 Å². The van der Waals surface area contributed by atoms with Gasteiger partial charge in [0, 0.05) is 0 Å². The Balaban J connectivity index is 0.000000273. The Morgan fingerprint density at radius 2 is 1.00 bits per heavy atom. The molecule has 0 fully saturated rings. The van der Waals surface area contributed by atoms with E-state index in [1.807, 2.05) is 18.2 Å². The van der Waals surface area contributed by atoms with E-state index in [9.17, 15) is 17.6 Å². The van der Waals surface area contributed by atoms with E-state index in [4.69, 9.17) is 0 Å². The predicted molar refractivity (Wildman–Crippen MR) is 160 cm³/mol. The number of halogens is 4. The summed E-state index contributed by atoms with van der Waals surface area (Å²) in [6.07, 6.45) is -7.12. The normalized spacial score (nSPS) is 10.7. The Morgan fingerprint density at radius 3 is 1.35 bits per heavy atom. The van der Waals surface area contributed by atoms with Gasteiger partial charge in [-0.1, -0.05) is 141 Å². The SMILES string of the molecule is CCc1ccc(C)cc1.Cc1ccc(C(C)(C)C)cc1.Cc1ccccc1.FC(F)C(F)(F)Oc1ccccc1. The van der Waals surface area contributed by atoms with Crippen molar-refractivity contribution in [2.75, 3.05) is 0 Å². The highest BCUT2D eigenvalue weighted by Gasteiger charge is 2.43. The summed E-state index contributed by atoms with van der Waals surface area (Å²) in [5, 5.41) is 0. The fourth-order valence-corrected chi connectivity index (χ4v) is 3.10. The summed E-state index contributed by atoms with van der Waals surface area (Å²) in [5.74, 6) is -0.284. The lowest BCUT2D eigenvalue weighted by molar-refractivity contribution is -0.253. The molecule has 216 valence electrons. The molecule has 0 heterocycles. The Hall–Kier alpha value is -3.60. The molecule has 4 rings (SSSR count). The first kappa shape index (κ1) is 34.4.